The van der Waals surface area contributed by atoms with Gasteiger partial charge >= 0.3 is 5.97 Å². The summed E-state index contributed by atoms with van der Waals surface area (Å²) >= 11 is 0. The smallest absolute Gasteiger partial charge is 0.363 e. The summed E-state index contributed by atoms with van der Waals surface area (Å²) in [5, 5.41) is 11.6. The zero-order valence-electron chi connectivity index (χ0n) is 12.6. The summed E-state index contributed by atoms with van der Waals surface area (Å²) in [6.07, 6.45) is 1.61. The molecule has 0 atom stereocenters. The summed E-state index contributed by atoms with van der Waals surface area (Å²) < 4.78 is 17.0. The van der Waals surface area contributed by atoms with E-state index in [0.29, 0.717) is 11.6 Å². The van der Waals surface area contributed by atoms with Crippen LogP contribution in [0.3, 0.4) is 0 Å². The largest absolute Gasteiger partial charge is 0.493 e. The number of aromatic nitrogens is 4. The standard InChI is InChI=1S/C15H14N4O4/c1-10-16-17-13(23-10)9-22-15(20)14-12(21-2)8-19(18-14)11-6-4-3-5-7-11/h3-8H,9H2,1-2H3. The van der Waals surface area contributed by atoms with Gasteiger partial charge in [-0.1, -0.05) is 18.2 Å². The topological polar surface area (TPSA) is 92.3 Å². The highest BCUT2D eigenvalue weighted by Crippen LogP contribution is 2.20. The second-order valence-corrected chi connectivity index (χ2v) is 4.62. The van der Waals surface area contributed by atoms with Crippen molar-refractivity contribution < 1.29 is 18.7 Å². The van der Waals surface area contributed by atoms with Crippen molar-refractivity contribution in [2.75, 3.05) is 7.11 Å². The van der Waals surface area contributed by atoms with Crippen LogP contribution in [-0.2, 0) is 11.3 Å². The number of methoxy groups -OCH3 is 1. The van der Waals surface area contributed by atoms with E-state index in [9.17, 15) is 4.79 Å². The summed E-state index contributed by atoms with van der Waals surface area (Å²) in [6, 6.07) is 9.37. The molecule has 0 spiro atoms. The number of aryl methyl sites for hydroxylation is 1. The summed E-state index contributed by atoms with van der Waals surface area (Å²) in [7, 11) is 1.46. The van der Waals surface area contributed by atoms with E-state index in [2.05, 4.69) is 15.3 Å². The first-order valence-corrected chi connectivity index (χ1v) is 6.82. The quantitative estimate of drug-likeness (QED) is 0.664. The Bertz CT molecular complexity index is 810. The van der Waals surface area contributed by atoms with Crippen molar-refractivity contribution >= 4 is 5.97 Å². The predicted octanol–water partition coefficient (Wildman–Crippen LogP) is 1.93. The molecule has 0 fully saturated rings. The molecule has 0 bridgehead atoms. The zero-order chi connectivity index (χ0) is 16.2. The maximum Gasteiger partial charge on any atom is 0.363 e. The molecule has 2 heterocycles. The van der Waals surface area contributed by atoms with Crippen LogP contribution < -0.4 is 4.74 Å². The van der Waals surface area contributed by atoms with Gasteiger partial charge in [0, 0.05) is 6.92 Å². The van der Waals surface area contributed by atoms with Crippen LogP contribution in [0, 0.1) is 6.92 Å². The van der Waals surface area contributed by atoms with Crippen molar-refractivity contribution in [2.45, 2.75) is 13.5 Å². The molecule has 8 heteroatoms. The minimum absolute atomic E-state index is 0.0765. The molecule has 3 aromatic rings. The number of benzene rings is 1. The maximum atomic E-state index is 12.2. The Morgan fingerprint density at radius 3 is 2.70 bits per heavy atom. The first-order chi connectivity index (χ1) is 11.2. The molecule has 0 saturated carbocycles. The summed E-state index contributed by atoms with van der Waals surface area (Å²) in [6.45, 7) is 1.53. The lowest BCUT2D eigenvalue weighted by molar-refractivity contribution is 0.0426. The highest BCUT2D eigenvalue weighted by molar-refractivity contribution is 5.90. The second-order valence-electron chi connectivity index (χ2n) is 4.62. The molecule has 8 nitrogen and oxygen atoms in total. The van der Waals surface area contributed by atoms with E-state index < -0.39 is 5.97 Å². The first kappa shape index (κ1) is 14.8. The molecule has 2 aromatic heterocycles. The Morgan fingerprint density at radius 1 is 1.26 bits per heavy atom. The average Bonchev–Trinajstić information content (AvgIpc) is 3.19. The number of carbonyl (C=O) groups is 1. The number of nitrogens with zero attached hydrogens (tertiary/aromatic N) is 4. The van der Waals surface area contributed by atoms with E-state index in [1.54, 1.807) is 17.8 Å². The normalized spacial score (nSPS) is 10.5. The highest BCUT2D eigenvalue weighted by Gasteiger charge is 2.20. The van der Waals surface area contributed by atoms with Gasteiger partial charge in [-0.15, -0.1) is 10.2 Å². The fourth-order valence-electron chi connectivity index (χ4n) is 1.95. The number of para-hydroxylation sites is 1. The number of rotatable bonds is 5. The zero-order valence-corrected chi connectivity index (χ0v) is 12.6. The van der Waals surface area contributed by atoms with E-state index in [0.717, 1.165) is 5.69 Å². The third kappa shape index (κ3) is 3.20. The Hall–Kier alpha value is -3.16. The highest BCUT2D eigenvalue weighted by atomic mass is 16.5. The minimum Gasteiger partial charge on any atom is -0.493 e. The van der Waals surface area contributed by atoms with Gasteiger partial charge in [-0.2, -0.15) is 5.10 Å². The first-order valence-electron chi connectivity index (χ1n) is 6.82. The summed E-state index contributed by atoms with van der Waals surface area (Å²) in [5.74, 6) is 0.312. The molecule has 0 aliphatic rings. The van der Waals surface area contributed by atoms with Crippen LogP contribution in [0.15, 0.2) is 40.9 Å². The van der Waals surface area contributed by atoms with Crippen LogP contribution >= 0.6 is 0 Å². The van der Waals surface area contributed by atoms with Gasteiger partial charge in [-0.3, -0.25) is 0 Å². The SMILES string of the molecule is COc1cn(-c2ccccc2)nc1C(=O)OCc1nnc(C)o1. The molecule has 1 aromatic carbocycles. The van der Waals surface area contributed by atoms with Crippen molar-refractivity contribution in [2.24, 2.45) is 0 Å². The molecule has 0 radical (unpaired) electrons. The van der Waals surface area contributed by atoms with Crippen molar-refractivity contribution in [3.8, 4) is 11.4 Å². The molecule has 0 amide bonds. The second kappa shape index (κ2) is 6.30. The fourth-order valence-corrected chi connectivity index (χ4v) is 1.95. The molecular formula is C15H14N4O4. The van der Waals surface area contributed by atoms with Gasteiger partial charge in [0.25, 0.3) is 5.89 Å². The Balaban J connectivity index is 1.78. The van der Waals surface area contributed by atoms with Crippen LogP contribution in [0.2, 0.25) is 0 Å². The van der Waals surface area contributed by atoms with E-state index in [-0.39, 0.29) is 18.2 Å². The molecule has 23 heavy (non-hydrogen) atoms. The van der Waals surface area contributed by atoms with Gasteiger partial charge < -0.3 is 13.9 Å². The third-order valence-electron chi connectivity index (χ3n) is 3.01. The van der Waals surface area contributed by atoms with Gasteiger partial charge in [-0.25, -0.2) is 9.48 Å². The average molecular weight is 314 g/mol. The van der Waals surface area contributed by atoms with Crippen LogP contribution in [0.1, 0.15) is 22.3 Å². The number of ether oxygens (including phenoxy) is 2. The van der Waals surface area contributed by atoms with Gasteiger partial charge in [-0.05, 0) is 12.1 Å². The lowest BCUT2D eigenvalue weighted by atomic mass is 10.3. The summed E-state index contributed by atoms with van der Waals surface area (Å²) in [4.78, 5) is 12.2. The molecule has 0 aliphatic carbocycles. The van der Waals surface area contributed by atoms with Crippen molar-refractivity contribution in [3.63, 3.8) is 0 Å². The van der Waals surface area contributed by atoms with Crippen LogP contribution in [0.25, 0.3) is 5.69 Å². The monoisotopic (exact) mass is 314 g/mol. The molecule has 118 valence electrons. The molecule has 0 aliphatic heterocycles. The number of hydrogen-bond donors (Lipinski definition) is 0. The fraction of sp³-hybridized carbons (Fsp3) is 0.200. The molecule has 3 rings (SSSR count). The van der Waals surface area contributed by atoms with E-state index >= 15 is 0 Å². The lowest BCUT2D eigenvalue weighted by Crippen LogP contribution is -2.08. The molecular weight excluding hydrogens is 300 g/mol. The van der Waals surface area contributed by atoms with E-state index in [1.807, 2.05) is 30.3 Å². The van der Waals surface area contributed by atoms with Gasteiger partial charge in [0.15, 0.2) is 12.4 Å². The van der Waals surface area contributed by atoms with Crippen LogP contribution in [0.4, 0.5) is 0 Å². The molecule has 0 unspecified atom stereocenters. The molecule has 0 saturated heterocycles. The number of hydrogen-bond acceptors (Lipinski definition) is 7. The van der Waals surface area contributed by atoms with Crippen molar-refractivity contribution in [1.82, 2.24) is 20.0 Å². The maximum absolute atomic E-state index is 12.2. The third-order valence-corrected chi connectivity index (χ3v) is 3.01. The van der Waals surface area contributed by atoms with Crippen LogP contribution in [0.5, 0.6) is 5.75 Å². The van der Waals surface area contributed by atoms with Gasteiger partial charge in [0.2, 0.25) is 11.6 Å². The number of carbonyl (C=O) groups excluding carboxylic acids is 1. The minimum atomic E-state index is -0.632. The lowest BCUT2D eigenvalue weighted by Gasteiger charge is -2.01. The Kier molecular flexibility index (Phi) is 4.05. The van der Waals surface area contributed by atoms with Gasteiger partial charge in [0.1, 0.15) is 0 Å². The van der Waals surface area contributed by atoms with E-state index in [4.69, 9.17) is 13.9 Å². The Labute approximate surface area is 131 Å². The Morgan fingerprint density at radius 2 is 2.04 bits per heavy atom. The van der Waals surface area contributed by atoms with E-state index in [1.165, 1.54) is 7.11 Å². The molecule has 0 N–H and O–H groups in total. The number of esters is 1. The van der Waals surface area contributed by atoms with Crippen molar-refractivity contribution in [3.05, 3.63) is 54.0 Å². The van der Waals surface area contributed by atoms with Crippen LogP contribution in [-0.4, -0.2) is 33.1 Å². The van der Waals surface area contributed by atoms with Crippen molar-refractivity contribution in [1.29, 1.82) is 0 Å². The summed E-state index contributed by atoms with van der Waals surface area (Å²) in [5.41, 5.74) is 0.880. The predicted molar refractivity (Wildman–Crippen MR) is 78.3 cm³/mol. The van der Waals surface area contributed by atoms with Gasteiger partial charge in [0.05, 0.1) is 19.0 Å².